The van der Waals surface area contributed by atoms with E-state index in [9.17, 15) is 22.8 Å². The molecule has 0 saturated heterocycles. The van der Waals surface area contributed by atoms with Gasteiger partial charge in [0.15, 0.2) is 0 Å². The van der Waals surface area contributed by atoms with Gasteiger partial charge in [-0.25, -0.2) is 4.98 Å². The van der Waals surface area contributed by atoms with Crippen molar-refractivity contribution in [1.29, 1.82) is 0 Å². The minimum absolute atomic E-state index is 0.00944. The van der Waals surface area contributed by atoms with E-state index in [1.807, 2.05) is 0 Å². The Kier molecular flexibility index (Phi) is 4.92. The number of halogens is 3. The highest BCUT2D eigenvalue weighted by Crippen LogP contribution is 2.30. The number of carbonyl (C=O) groups excluding carboxylic acids is 2. The van der Waals surface area contributed by atoms with Gasteiger partial charge in [-0.3, -0.25) is 9.59 Å². The molecule has 8 heteroatoms. The first-order valence-corrected chi connectivity index (χ1v) is 8.04. The largest absolute Gasteiger partial charge is 0.416 e. The Hall–Kier alpha value is -2.90. The molecule has 1 fully saturated rings. The molecular formula is C18H16F3N3O2. The van der Waals surface area contributed by atoms with Crippen molar-refractivity contribution >= 4 is 17.6 Å². The Morgan fingerprint density at radius 3 is 2.62 bits per heavy atom. The molecular weight excluding hydrogens is 347 g/mol. The number of hydrogen-bond donors (Lipinski definition) is 2. The summed E-state index contributed by atoms with van der Waals surface area (Å²) < 4.78 is 38.1. The van der Waals surface area contributed by atoms with Crippen LogP contribution in [0.15, 0.2) is 42.6 Å². The third-order valence-corrected chi connectivity index (χ3v) is 3.93. The van der Waals surface area contributed by atoms with Gasteiger partial charge < -0.3 is 10.6 Å². The van der Waals surface area contributed by atoms with Crippen molar-refractivity contribution in [2.24, 2.45) is 5.92 Å². The van der Waals surface area contributed by atoms with Gasteiger partial charge in [-0.15, -0.1) is 0 Å². The van der Waals surface area contributed by atoms with E-state index < -0.39 is 17.6 Å². The van der Waals surface area contributed by atoms with Gasteiger partial charge in [0.05, 0.1) is 5.56 Å². The fourth-order valence-corrected chi connectivity index (χ4v) is 2.36. The van der Waals surface area contributed by atoms with Crippen LogP contribution in [0.4, 0.5) is 19.0 Å². The standard InChI is InChI=1S/C18H16F3N3O2/c19-18(20,21)14-3-1-2-11(8-14)10-23-16(25)13-6-7-22-15(9-13)24-17(26)12-4-5-12/h1-3,6-9,12H,4-5,10H2,(H,23,25)(H,22,24,26). The number of nitrogens with one attached hydrogen (secondary N) is 2. The molecule has 0 aliphatic heterocycles. The second kappa shape index (κ2) is 7.15. The number of pyridine rings is 1. The SMILES string of the molecule is O=C(NCc1cccc(C(F)(F)F)c1)c1ccnc(NC(=O)C2CC2)c1. The number of aromatic nitrogens is 1. The van der Waals surface area contributed by atoms with Crippen LogP contribution in [0.1, 0.15) is 34.3 Å². The Morgan fingerprint density at radius 1 is 1.15 bits per heavy atom. The van der Waals surface area contributed by atoms with Crippen LogP contribution in [-0.4, -0.2) is 16.8 Å². The number of alkyl halides is 3. The van der Waals surface area contributed by atoms with Gasteiger partial charge in [0.25, 0.3) is 5.91 Å². The van der Waals surface area contributed by atoms with Crippen molar-refractivity contribution < 1.29 is 22.8 Å². The lowest BCUT2D eigenvalue weighted by molar-refractivity contribution is -0.137. The van der Waals surface area contributed by atoms with Crippen molar-refractivity contribution in [3.8, 4) is 0 Å². The molecule has 2 amide bonds. The molecule has 0 bridgehead atoms. The Labute approximate surface area is 147 Å². The summed E-state index contributed by atoms with van der Waals surface area (Å²) in [5.41, 5.74) is -0.166. The Morgan fingerprint density at radius 2 is 1.92 bits per heavy atom. The summed E-state index contributed by atoms with van der Waals surface area (Å²) in [6, 6.07) is 7.67. The zero-order valence-electron chi connectivity index (χ0n) is 13.6. The predicted molar refractivity (Wildman–Crippen MR) is 88.2 cm³/mol. The monoisotopic (exact) mass is 363 g/mol. The fourth-order valence-electron chi connectivity index (χ4n) is 2.36. The summed E-state index contributed by atoms with van der Waals surface area (Å²) in [5, 5.41) is 5.20. The van der Waals surface area contributed by atoms with E-state index in [1.165, 1.54) is 30.5 Å². The van der Waals surface area contributed by atoms with Crippen molar-refractivity contribution in [3.63, 3.8) is 0 Å². The number of amides is 2. The molecule has 1 aromatic carbocycles. The number of hydrogen-bond acceptors (Lipinski definition) is 3. The molecule has 0 atom stereocenters. The highest BCUT2D eigenvalue weighted by Gasteiger charge is 2.30. The molecule has 0 radical (unpaired) electrons. The topological polar surface area (TPSA) is 71.1 Å². The van der Waals surface area contributed by atoms with Crippen LogP contribution in [-0.2, 0) is 17.5 Å². The maximum absolute atomic E-state index is 12.7. The third-order valence-electron chi connectivity index (χ3n) is 3.93. The number of nitrogens with zero attached hydrogens (tertiary/aromatic N) is 1. The Balaban J connectivity index is 1.62. The molecule has 1 heterocycles. The zero-order chi connectivity index (χ0) is 18.7. The summed E-state index contributed by atoms with van der Waals surface area (Å²) in [4.78, 5) is 27.9. The minimum Gasteiger partial charge on any atom is -0.348 e. The van der Waals surface area contributed by atoms with E-state index in [-0.39, 0.29) is 29.8 Å². The third kappa shape index (κ3) is 4.59. The van der Waals surface area contributed by atoms with Gasteiger partial charge in [0.1, 0.15) is 5.82 Å². The molecule has 1 saturated carbocycles. The molecule has 1 aliphatic carbocycles. The normalized spacial score (nSPS) is 14.0. The molecule has 0 unspecified atom stereocenters. The summed E-state index contributed by atoms with van der Waals surface area (Å²) in [6.45, 7) is -0.0468. The summed E-state index contributed by atoms with van der Waals surface area (Å²) in [6.07, 6.45) is -1.34. The second-order valence-electron chi connectivity index (χ2n) is 6.07. The molecule has 1 aliphatic rings. The minimum atomic E-state index is -4.43. The predicted octanol–water partition coefficient (Wildman–Crippen LogP) is 3.38. The second-order valence-corrected chi connectivity index (χ2v) is 6.07. The molecule has 5 nitrogen and oxygen atoms in total. The molecule has 0 spiro atoms. The number of rotatable bonds is 5. The van der Waals surface area contributed by atoms with Gasteiger partial charge in [-0.2, -0.15) is 13.2 Å². The number of benzene rings is 1. The van der Waals surface area contributed by atoms with Gasteiger partial charge in [-0.05, 0) is 42.7 Å². The summed E-state index contributed by atoms with van der Waals surface area (Å²) in [5.74, 6) is -0.311. The van der Waals surface area contributed by atoms with E-state index in [0.29, 0.717) is 5.56 Å². The average molecular weight is 363 g/mol. The first kappa shape index (κ1) is 17.9. The van der Waals surface area contributed by atoms with Crippen LogP contribution >= 0.6 is 0 Å². The lowest BCUT2D eigenvalue weighted by Gasteiger charge is -2.10. The van der Waals surface area contributed by atoms with Crippen LogP contribution in [0.5, 0.6) is 0 Å². The van der Waals surface area contributed by atoms with E-state index in [0.717, 1.165) is 25.0 Å². The van der Waals surface area contributed by atoms with Crippen molar-refractivity contribution in [2.75, 3.05) is 5.32 Å². The Bertz CT molecular complexity index is 832. The smallest absolute Gasteiger partial charge is 0.348 e. The maximum atomic E-state index is 12.7. The number of carbonyl (C=O) groups is 2. The molecule has 1 aromatic heterocycles. The van der Waals surface area contributed by atoms with Crippen molar-refractivity contribution in [2.45, 2.75) is 25.6 Å². The summed E-state index contributed by atoms with van der Waals surface area (Å²) >= 11 is 0. The first-order valence-electron chi connectivity index (χ1n) is 8.04. The van der Waals surface area contributed by atoms with Gasteiger partial charge in [-0.1, -0.05) is 12.1 Å². The van der Waals surface area contributed by atoms with Crippen LogP contribution in [0, 0.1) is 5.92 Å². The summed E-state index contributed by atoms with van der Waals surface area (Å²) in [7, 11) is 0. The quantitative estimate of drug-likeness (QED) is 0.856. The molecule has 2 N–H and O–H groups in total. The van der Waals surface area contributed by atoms with Crippen LogP contribution < -0.4 is 10.6 Å². The van der Waals surface area contributed by atoms with Crippen molar-refractivity contribution in [1.82, 2.24) is 10.3 Å². The van der Waals surface area contributed by atoms with Crippen LogP contribution in [0.3, 0.4) is 0 Å². The average Bonchev–Trinajstić information content (AvgIpc) is 3.44. The molecule has 2 aromatic rings. The molecule has 3 rings (SSSR count). The fraction of sp³-hybridized carbons (Fsp3) is 0.278. The van der Waals surface area contributed by atoms with E-state index in [1.54, 1.807) is 0 Å². The van der Waals surface area contributed by atoms with E-state index >= 15 is 0 Å². The van der Waals surface area contributed by atoms with Crippen molar-refractivity contribution in [3.05, 3.63) is 59.3 Å². The van der Waals surface area contributed by atoms with E-state index in [4.69, 9.17) is 0 Å². The molecule has 136 valence electrons. The molecule has 26 heavy (non-hydrogen) atoms. The highest BCUT2D eigenvalue weighted by molar-refractivity contribution is 5.97. The van der Waals surface area contributed by atoms with Crippen LogP contribution in [0.25, 0.3) is 0 Å². The van der Waals surface area contributed by atoms with Gasteiger partial charge in [0, 0.05) is 24.2 Å². The van der Waals surface area contributed by atoms with Gasteiger partial charge >= 0.3 is 6.18 Å². The first-order chi connectivity index (χ1) is 12.3. The zero-order valence-corrected chi connectivity index (χ0v) is 13.6. The van der Waals surface area contributed by atoms with Gasteiger partial charge in [0.2, 0.25) is 5.91 Å². The number of anilines is 1. The van der Waals surface area contributed by atoms with E-state index in [2.05, 4.69) is 15.6 Å². The lowest BCUT2D eigenvalue weighted by atomic mass is 10.1. The van der Waals surface area contributed by atoms with Crippen LogP contribution in [0.2, 0.25) is 0 Å². The highest BCUT2D eigenvalue weighted by atomic mass is 19.4. The maximum Gasteiger partial charge on any atom is 0.416 e. The lowest BCUT2D eigenvalue weighted by Crippen LogP contribution is -2.23.